The lowest BCUT2D eigenvalue weighted by Crippen LogP contribution is -2.47. The van der Waals surface area contributed by atoms with Gasteiger partial charge in [0.15, 0.2) is 0 Å². The van der Waals surface area contributed by atoms with Crippen LogP contribution in [-0.2, 0) is 30.6 Å². The Morgan fingerprint density at radius 2 is 1.88 bits per heavy atom. The molecular weight excluding hydrogens is 344 g/mol. The fourth-order valence-electron chi connectivity index (χ4n) is 4.28. The van der Waals surface area contributed by atoms with Crippen molar-refractivity contribution >= 4 is 17.5 Å². The molecule has 4 rings (SSSR count). The van der Waals surface area contributed by atoms with Crippen LogP contribution in [0.5, 0.6) is 0 Å². The van der Waals surface area contributed by atoms with Crippen LogP contribution in [0.25, 0.3) is 0 Å². The van der Waals surface area contributed by atoms with E-state index in [0.717, 1.165) is 37.3 Å². The molecule has 1 N–H and O–H groups in total. The quantitative estimate of drug-likeness (QED) is 0.897. The Hall–Kier alpha value is -1.84. The van der Waals surface area contributed by atoms with Crippen molar-refractivity contribution in [3.8, 4) is 0 Å². The number of nitrogens with zero attached hydrogens (tertiary/aromatic N) is 1. The number of carbonyl (C=O) groups excluding carboxylic acids is 1. The zero-order chi connectivity index (χ0) is 18.1. The number of likely N-dealkylation sites (N-methyl/N-ethyl adjacent to an activating group) is 1. The van der Waals surface area contributed by atoms with Crippen LogP contribution in [0.1, 0.15) is 28.7 Å². The van der Waals surface area contributed by atoms with Gasteiger partial charge in [-0.3, -0.25) is 9.69 Å². The first-order chi connectivity index (χ1) is 12.6. The van der Waals surface area contributed by atoms with Crippen LogP contribution in [0.15, 0.2) is 42.5 Å². The summed E-state index contributed by atoms with van der Waals surface area (Å²) in [5, 5.41) is 4.05. The Balaban J connectivity index is 1.37. The largest absolute Gasteiger partial charge is 0.354 e. The molecule has 0 fully saturated rings. The summed E-state index contributed by atoms with van der Waals surface area (Å²) >= 11 is 6.38. The van der Waals surface area contributed by atoms with E-state index in [9.17, 15) is 4.79 Å². The normalized spacial score (nSPS) is 22.4. The van der Waals surface area contributed by atoms with Crippen molar-refractivity contribution in [2.24, 2.45) is 5.92 Å². The summed E-state index contributed by atoms with van der Waals surface area (Å²) in [5.41, 5.74) is 5.26. The third-order valence-electron chi connectivity index (χ3n) is 5.93. The number of amides is 1. The molecule has 2 aromatic rings. The van der Waals surface area contributed by atoms with Crippen molar-refractivity contribution in [3.05, 3.63) is 69.7 Å². The first kappa shape index (κ1) is 17.6. The predicted octanol–water partition coefficient (Wildman–Crippen LogP) is 3.62. The van der Waals surface area contributed by atoms with Crippen molar-refractivity contribution < 1.29 is 4.79 Å². The van der Waals surface area contributed by atoms with Gasteiger partial charge in [0, 0.05) is 30.1 Å². The Bertz CT molecular complexity index is 820. The predicted molar refractivity (Wildman–Crippen MR) is 105 cm³/mol. The summed E-state index contributed by atoms with van der Waals surface area (Å²) in [4.78, 5) is 15.0. The van der Waals surface area contributed by atoms with Crippen LogP contribution < -0.4 is 5.32 Å². The van der Waals surface area contributed by atoms with Crippen molar-refractivity contribution in [2.75, 3.05) is 13.6 Å². The Morgan fingerprint density at radius 3 is 2.73 bits per heavy atom. The fraction of sp³-hybridized carbons (Fsp3) is 0.409. The topological polar surface area (TPSA) is 32.3 Å². The number of aryl methyl sites for hydroxylation is 1. The molecule has 0 saturated carbocycles. The fourth-order valence-corrected chi connectivity index (χ4v) is 4.55. The van der Waals surface area contributed by atoms with Gasteiger partial charge < -0.3 is 5.32 Å². The van der Waals surface area contributed by atoms with Gasteiger partial charge in [-0.05, 0) is 61.1 Å². The molecule has 0 saturated heterocycles. The molecule has 2 aromatic carbocycles. The van der Waals surface area contributed by atoms with Gasteiger partial charge >= 0.3 is 0 Å². The minimum absolute atomic E-state index is 0.0923. The molecule has 1 aliphatic carbocycles. The van der Waals surface area contributed by atoms with Gasteiger partial charge in [-0.25, -0.2) is 0 Å². The molecule has 0 unspecified atom stereocenters. The Labute approximate surface area is 160 Å². The van der Waals surface area contributed by atoms with E-state index in [-0.39, 0.29) is 11.8 Å². The third kappa shape index (κ3) is 3.51. The van der Waals surface area contributed by atoms with Crippen molar-refractivity contribution in [1.29, 1.82) is 0 Å². The van der Waals surface area contributed by atoms with E-state index in [1.165, 1.54) is 22.3 Å². The lowest BCUT2D eigenvalue weighted by atomic mass is 9.83. The van der Waals surface area contributed by atoms with Crippen LogP contribution in [0, 0.1) is 5.92 Å². The first-order valence-corrected chi connectivity index (χ1v) is 9.80. The molecule has 1 heterocycles. The van der Waals surface area contributed by atoms with Gasteiger partial charge in [0.2, 0.25) is 5.91 Å². The average Bonchev–Trinajstić information content (AvgIpc) is 2.66. The Morgan fingerprint density at radius 1 is 1.12 bits per heavy atom. The monoisotopic (exact) mass is 368 g/mol. The highest BCUT2D eigenvalue weighted by Crippen LogP contribution is 2.29. The SMILES string of the molecule is CN1Cc2cccc(Cl)c2C[C@@H]1CNC(=O)[C@@H]1CCc2ccccc2C1. The van der Waals surface area contributed by atoms with E-state index < -0.39 is 0 Å². The lowest BCUT2D eigenvalue weighted by molar-refractivity contribution is -0.125. The molecule has 0 aromatic heterocycles. The van der Waals surface area contributed by atoms with Crippen LogP contribution >= 0.6 is 11.6 Å². The highest BCUT2D eigenvalue weighted by Gasteiger charge is 2.28. The number of benzene rings is 2. The summed E-state index contributed by atoms with van der Waals surface area (Å²) < 4.78 is 0. The summed E-state index contributed by atoms with van der Waals surface area (Å²) in [5.74, 6) is 0.285. The Kier molecular flexibility index (Phi) is 5.01. The molecule has 3 nitrogen and oxygen atoms in total. The summed E-state index contributed by atoms with van der Waals surface area (Å²) in [6.45, 7) is 1.56. The second kappa shape index (κ2) is 7.42. The number of nitrogens with one attached hydrogen (secondary N) is 1. The minimum Gasteiger partial charge on any atom is -0.354 e. The van der Waals surface area contributed by atoms with E-state index in [2.05, 4.69) is 47.6 Å². The van der Waals surface area contributed by atoms with Gasteiger partial charge in [0.05, 0.1) is 0 Å². The summed E-state index contributed by atoms with van der Waals surface area (Å²) in [6, 6.07) is 14.9. The number of halogens is 1. The standard InChI is InChI=1S/C22H25ClN2O/c1-25-14-18-7-4-8-21(23)20(18)12-19(25)13-24-22(26)17-10-9-15-5-2-3-6-16(15)11-17/h2-8,17,19H,9-14H2,1H3,(H,24,26)/t17-,19-/m1/s1. The molecule has 4 heteroatoms. The smallest absolute Gasteiger partial charge is 0.223 e. The molecule has 1 amide bonds. The second-order valence-corrected chi connectivity index (χ2v) is 8.01. The van der Waals surface area contributed by atoms with Crippen molar-refractivity contribution in [3.63, 3.8) is 0 Å². The summed E-state index contributed by atoms with van der Waals surface area (Å²) in [6.07, 6.45) is 3.69. The molecule has 2 atom stereocenters. The van der Waals surface area contributed by atoms with Gasteiger partial charge in [0.25, 0.3) is 0 Å². The van der Waals surface area contributed by atoms with Crippen molar-refractivity contribution in [1.82, 2.24) is 10.2 Å². The molecule has 1 aliphatic heterocycles. The molecule has 2 aliphatic rings. The van der Waals surface area contributed by atoms with E-state index in [4.69, 9.17) is 11.6 Å². The molecule has 26 heavy (non-hydrogen) atoms. The maximum atomic E-state index is 12.7. The zero-order valence-electron chi connectivity index (χ0n) is 15.2. The van der Waals surface area contributed by atoms with Gasteiger partial charge in [0.1, 0.15) is 0 Å². The highest BCUT2D eigenvalue weighted by atomic mass is 35.5. The van der Waals surface area contributed by atoms with Crippen LogP contribution in [0.3, 0.4) is 0 Å². The maximum absolute atomic E-state index is 12.7. The molecular formula is C22H25ClN2O. The number of carbonyl (C=O) groups is 1. The number of fused-ring (bicyclic) bond motifs is 2. The first-order valence-electron chi connectivity index (χ1n) is 9.43. The van der Waals surface area contributed by atoms with E-state index in [1.807, 2.05) is 12.1 Å². The van der Waals surface area contributed by atoms with E-state index in [1.54, 1.807) is 0 Å². The van der Waals surface area contributed by atoms with Gasteiger partial charge in [-0.2, -0.15) is 0 Å². The zero-order valence-corrected chi connectivity index (χ0v) is 15.9. The van der Waals surface area contributed by atoms with E-state index in [0.29, 0.717) is 12.6 Å². The lowest BCUT2D eigenvalue weighted by Gasteiger charge is -2.35. The minimum atomic E-state index is 0.0923. The van der Waals surface area contributed by atoms with Gasteiger partial charge in [-0.15, -0.1) is 0 Å². The molecule has 0 bridgehead atoms. The third-order valence-corrected chi connectivity index (χ3v) is 6.28. The van der Waals surface area contributed by atoms with E-state index >= 15 is 0 Å². The van der Waals surface area contributed by atoms with Crippen LogP contribution in [0.2, 0.25) is 5.02 Å². The molecule has 0 radical (unpaired) electrons. The van der Waals surface area contributed by atoms with Gasteiger partial charge in [-0.1, -0.05) is 48.0 Å². The van der Waals surface area contributed by atoms with Crippen molar-refractivity contribution in [2.45, 2.75) is 38.3 Å². The summed E-state index contributed by atoms with van der Waals surface area (Å²) in [7, 11) is 2.12. The number of hydrogen-bond donors (Lipinski definition) is 1. The van der Waals surface area contributed by atoms with Crippen LogP contribution in [-0.4, -0.2) is 30.4 Å². The maximum Gasteiger partial charge on any atom is 0.223 e. The molecule has 136 valence electrons. The molecule has 0 spiro atoms. The average molecular weight is 369 g/mol. The number of rotatable bonds is 3. The highest BCUT2D eigenvalue weighted by molar-refractivity contribution is 6.31. The number of hydrogen-bond acceptors (Lipinski definition) is 2. The second-order valence-electron chi connectivity index (χ2n) is 7.60. The van der Waals surface area contributed by atoms with Crippen LogP contribution in [0.4, 0.5) is 0 Å².